The molecular formula is C20H26ClN3O4. The second-order valence-corrected chi connectivity index (χ2v) is 7.37. The molecule has 8 heteroatoms. The second-order valence-electron chi connectivity index (χ2n) is 6.96. The number of rotatable bonds is 7. The van der Waals surface area contributed by atoms with Crippen molar-refractivity contribution in [2.75, 3.05) is 18.5 Å². The topological polar surface area (TPSA) is 82.4 Å². The summed E-state index contributed by atoms with van der Waals surface area (Å²) in [5.41, 5.74) is 3.90. The number of halogens is 1. The number of esters is 1. The summed E-state index contributed by atoms with van der Waals surface area (Å²) in [7, 11) is 1.79. The van der Waals surface area contributed by atoms with Gasteiger partial charge in [-0.05, 0) is 49.9 Å². The highest BCUT2D eigenvalue weighted by Gasteiger charge is 2.16. The first-order valence-electron chi connectivity index (χ1n) is 8.98. The average molecular weight is 408 g/mol. The first kappa shape index (κ1) is 21.8. The van der Waals surface area contributed by atoms with Crippen molar-refractivity contribution in [1.29, 1.82) is 0 Å². The Morgan fingerprint density at radius 2 is 1.89 bits per heavy atom. The van der Waals surface area contributed by atoms with Crippen molar-refractivity contribution in [1.82, 2.24) is 9.78 Å². The Kier molecular flexibility index (Phi) is 7.07. The van der Waals surface area contributed by atoms with Crippen LogP contribution in [0, 0.1) is 20.8 Å². The predicted octanol–water partition coefficient (Wildman–Crippen LogP) is 3.68. The van der Waals surface area contributed by atoms with Crippen LogP contribution in [0.1, 0.15) is 42.3 Å². The maximum absolute atomic E-state index is 12.0. The minimum atomic E-state index is -0.628. The molecule has 28 heavy (non-hydrogen) atoms. The van der Waals surface area contributed by atoms with Gasteiger partial charge in [-0.1, -0.05) is 25.4 Å². The van der Waals surface area contributed by atoms with E-state index >= 15 is 0 Å². The van der Waals surface area contributed by atoms with Gasteiger partial charge in [0.1, 0.15) is 5.75 Å². The molecule has 0 saturated heterocycles. The molecule has 1 aromatic carbocycles. The largest absolute Gasteiger partial charge is 0.482 e. The molecule has 1 heterocycles. The van der Waals surface area contributed by atoms with E-state index in [4.69, 9.17) is 21.1 Å². The molecular weight excluding hydrogens is 382 g/mol. The van der Waals surface area contributed by atoms with Gasteiger partial charge in [0.25, 0.3) is 5.91 Å². The highest BCUT2D eigenvalue weighted by atomic mass is 35.5. The van der Waals surface area contributed by atoms with E-state index in [9.17, 15) is 9.59 Å². The number of hydrogen-bond donors (Lipinski definition) is 1. The fourth-order valence-electron chi connectivity index (χ4n) is 2.70. The second kappa shape index (κ2) is 9.10. The predicted molar refractivity (Wildman–Crippen MR) is 108 cm³/mol. The number of nitrogens with one attached hydrogen (secondary N) is 1. The Morgan fingerprint density at radius 1 is 1.21 bits per heavy atom. The molecule has 0 aliphatic carbocycles. The summed E-state index contributed by atoms with van der Waals surface area (Å²) in [6, 6.07) is 3.64. The minimum Gasteiger partial charge on any atom is -0.482 e. The Hall–Kier alpha value is -2.54. The molecule has 1 amide bonds. The lowest BCUT2D eigenvalue weighted by molar-refractivity contribution is -0.149. The monoisotopic (exact) mass is 407 g/mol. The molecule has 0 bridgehead atoms. The highest BCUT2D eigenvalue weighted by molar-refractivity contribution is 6.31. The molecule has 0 spiro atoms. The molecule has 1 N–H and O–H groups in total. The van der Waals surface area contributed by atoms with E-state index in [0.717, 1.165) is 16.8 Å². The smallest absolute Gasteiger partial charge is 0.344 e. The highest BCUT2D eigenvalue weighted by Crippen LogP contribution is 2.32. The molecule has 0 saturated carbocycles. The van der Waals surface area contributed by atoms with Crippen molar-refractivity contribution in [2.45, 2.75) is 40.5 Å². The number of aromatic nitrogens is 2. The number of aryl methyl sites for hydroxylation is 3. The van der Waals surface area contributed by atoms with Gasteiger partial charge in [0.05, 0.1) is 17.1 Å². The summed E-state index contributed by atoms with van der Waals surface area (Å²) in [6.45, 7) is 8.84. The van der Waals surface area contributed by atoms with Crippen LogP contribution >= 0.6 is 11.6 Å². The number of anilines is 1. The van der Waals surface area contributed by atoms with E-state index in [0.29, 0.717) is 22.2 Å². The van der Waals surface area contributed by atoms with Gasteiger partial charge in [-0.25, -0.2) is 4.79 Å². The van der Waals surface area contributed by atoms with Crippen LogP contribution in [0.4, 0.5) is 5.69 Å². The van der Waals surface area contributed by atoms with Gasteiger partial charge in [-0.2, -0.15) is 5.10 Å². The zero-order valence-corrected chi connectivity index (χ0v) is 17.8. The number of carbonyl (C=O) groups is 2. The number of ether oxygens (including phenoxy) is 2. The Bertz CT molecular complexity index is 890. The van der Waals surface area contributed by atoms with Crippen LogP contribution in [0.15, 0.2) is 12.1 Å². The number of carbonyl (C=O) groups excluding carboxylic acids is 2. The molecule has 0 fully saturated rings. The van der Waals surface area contributed by atoms with Gasteiger partial charge in [0, 0.05) is 12.1 Å². The van der Waals surface area contributed by atoms with E-state index < -0.39 is 18.5 Å². The first-order valence-corrected chi connectivity index (χ1v) is 9.36. The van der Waals surface area contributed by atoms with Gasteiger partial charge < -0.3 is 14.8 Å². The van der Waals surface area contributed by atoms with E-state index in [-0.39, 0.29) is 12.5 Å². The van der Waals surface area contributed by atoms with E-state index in [1.165, 1.54) is 0 Å². The van der Waals surface area contributed by atoms with Crippen LogP contribution in [0.5, 0.6) is 5.75 Å². The summed E-state index contributed by atoms with van der Waals surface area (Å²) in [5.74, 6) is -0.296. The van der Waals surface area contributed by atoms with Crippen molar-refractivity contribution < 1.29 is 19.1 Å². The fourth-order valence-corrected chi connectivity index (χ4v) is 2.87. The third-order valence-corrected chi connectivity index (χ3v) is 4.80. The van der Waals surface area contributed by atoms with E-state index in [2.05, 4.69) is 10.4 Å². The van der Waals surface area contributed by atoms with Crippen LogP contribution in [0.3, 0.4) is 0 Å². The fraction of sp³-hybridized carbons (Fsp3) is 0.450. The minimum absolute atomic E-state index is 0.181. The normalized spacial score (nSPS) is 10.9. The van der Waals surface area contributed by atoms with E-state index in [1.807, 2.05) is 33.8 Å². The van der Waals surface area contributed by atoms with Crippen LogP contribution in [-0.2, 0) is 21.4 Å². The summed E-state index contributed by atoms with van der Waals surface area (Å²) in [4.78, 5) is 24.0. The van der Waals surface area contributed by atoms with E-state index in [1.54, 1.807) is 24.7 Å². The molecule has 2 rings (SSSR count). The molecule has 0 aliphatic heterocycles. The van der Waals surface area contributed by atoms with Gasteiger partial charge in [0.2, 0.25) is 0 Å². The molecule has 0 aliphatic rings. The van der Waals surface area contributed by atoms with Crippen LogP contribution in [0.2, 0.25) is 5.02 Å². The maximum atomic E-state index is 12.0. The van der Waals surface area contributed by atoms with Crippen LogP contribution in [-0.4, -0.2) is 34.9 Å². The SMILES string of the molecule is Cc1cc(OCC(=O)OCC(=O)Nc2c(C)nn(C)c2C)c(C(C)C)cc1Cl. The van der Waals surface area contributed by atoms with Crippen LogP contribution in [0.25, 0.3) is 0 Å². The summed E-state index contributed by atoms with van der Waals surface area (Å²) >= 11 is 6.17. The molecule has 0 radical (unpaired) electrons. The number of hydrogen-bond acceptors (Lipinski definition) is 5. The summed E-state index contributed by atoms with van der Waals surface area (Å²) in [5, 5.41) is 7.58. The van der Waals surface area contributed by atoms with Crippen molar-refractivity contribution in [2.24, 2.45) is 7.05 Å². The lowest BCUT2D eigenvalue weighted by atomic mass is 10.0. The molecule has 0 unspecified atom stereocenters. The lowest BCUT2D eigenvalue weighted by Gasteiger charge is -2.15. The first-order chi connectivity index (χ1) is 13.1. The zero-order chi connectivity index (χ0) is 21.0. The van der Waals surface area contributed by atoms with Crippen molar-refractivity contribution in [3.05, 3.63) is 39.7 Å². The summed E-state index contributed by atoms with van der Waals surface area (Å²) in [6.07, 6.45) is 0. The third-order valence-electron chi connectivity index (χ3n) is 4.40. The zero-order valence-electron chi connectivity index (χ0n) is 17.1. The maximum Gasteiger partial charge on any atom is 0.344 e. The van der Waals surface area contributed by atoms with Gasteiger partial charge in [-0.15, -0.1) is 0 Å². The number of amides is 1. The number of nitrogens with zero attached hydrogens (tertiary/aromatic N) is 2. The quantitative estimate of drug-likeness (QED) is 0.708. The lowest BCUT2D eigenvalue weighted by Crippen LogP contribution is -2.24. The Labute approximate surface area is 170 Å². The Morgan fingerprint density at radius 3 is 2.46 bits per heavy atom. The third kappa shape index (κ3) is 5.25. The van der Waals surface area contributed by atoms with Crippen molar-refractivity contribution >= 4 is 29.2 Å². The van der Waals surface area contributed by atoms with Gasteiger partial charge in [0.15, 0.2) is 13.2 Å². The number of benzene rings is 1. The molecule has 1 aromatic heterocycles. The molecule has 7 nitrogen and oxygen atoms in total. The molecule has 0 atom stereocenters. The molecule has 152 valence electrons. The van der Waals surface area contributed by atoms with Crippen LogP contribution < -0.4 is 10.1 Å². The van der Waals surface area contributed by atoms with Gasteiger partial charge >= 0.3 is 5.97 Å². The van der Waals surface area contributed by atoms with Crippen molar-refractivity contribution in [3.8, 4) is 5.75 Å². The van der Waals surface area contributed by atoms with Crippen molar-refractivity contribution in [3.63, 3.8) is 0 Å². The summed E-state index contributed by atoms with van der Waals surface area (Å²) < 4.78 is 12.3. The standard InChI is InChI=1S/C20H26ClN3O4/c1-11(2)15-8-16(21)12(3)7-17(15)27-10-19(26)28-9-18(25)22-20-13(4)23-24(6)14(20)5/h7-8,11H,9-10H2,1-6H3,(H,22,25). The Balaban J connectivity index is 1.89. The molecule has 2 aromatic rings. The van der Waals surface area contributed by atoms with Gasteiger partial charge in [-0.3, -0.25) is 9.48 Å². The average Bonchev–Trinajstić information content (AvgIpc) is 2.86.